The Morgan fingerprint density at radius 2 is 1.45 bits per heavy atom. The van der Waals surface area contributed by atoms with Gasteiger partial charge in [0.25, 0.3) is 0 Å². The van der Waals surface area contributed by atoms with E-state index in [1.165, 1.54) is 10.8 Å². The highest BCUT2D eigenvalue weighted by Gasteiger charge is 2.03. The summed E-state index contributed by atoms with van der Waals surface area (Å²) in [6, 6.07) is 21.4. The van der Waals surface area contributed by atoms with Crippen LogP contribution in [0.5, 0.6) is 5.75 Å². The summed E-state index contributed by atoms with van der Waals surface area (Å²) in [6.07, 6.45) is -1.30. The van der Waals surface area contributed by atoms with Gasteiger partial charge in [0.15, 0.2) is 0 Å². The van der Waals surface area contributed by atoms with E-state index in [9.17, 15) is 4.79 Å². The van der Waals surface area contributed by atoms with Crippen LogP contribution in [0.15, 0.2) is 66.7 Å². The van der Waals surface area contributed by atoms with E-state index in [0.29, 0.717) is 5.75 Å². The van der Waals surface area contributed by atoms with E-state index in [4.69, 9.17) is 5.11 Å². The molecule has 20 heavy (non-hydrogen) atoms. The Morgan fingerprint density at radius 3 is 2.15 bits per heavy atom. The van der Waals surface area contributed by atoms with Crippen LogP contribution in [-0.2, 0) is 0 Å². The van der Waals surface area contributed by atoms with Crippen molar-refractivity contribution < 1.29 is 14.6 Å². The van der Waals surface area contributed by atoms with Gasteiger partial charge in [-0.05, 0) is 40.1 Å². The van der Waals surface area contributed by atoms with E-state index < -0.39 is 6.16 Å². The van der Waals surface area contributed by atoms with E-state index in [1.807, 2.05) is 24.3 Å². The Kier molecular flexibility index (Phi) is 3.09. The highest BCUT2D eigenvalue weighted by Crippen LogP contribution is 2.26. The summed E-state index contributed by atoms with van der Waals surface area (Å²) in [5.41, 5.74) is 2.11. The number of carbonyl (C=O) groups is 1. The van der Waals surface area contributed by atoms with Gasteiger partial charge in [0, 0.05) is 0 Å². The van der Waals surface area contributed by atoms with Crippen LogP contribution in [0.1, 0.15) is 0 Å². The summed E-state index contributed by atoms with van der Waals surface area (Å²) in [5, 5.41) is 10.9. The monoisotopic (exact) mass is 264 g/mol. The van der Waals surface area contributed by atoms with Crippen LogP contribution in [0.2, 0.25) is 0 Å². The molecular formula is C17H12O3. The predicted molar refractivity (Wildman–Crippen MR) is 78.0 cm³/mol. The molecule has 0 atom stereocenters. The molecule has 0 aromatic heterocycles. The molecule has 0 unspecified atom stereocenters. The first-order chi connectivity index (χ1) is 9.72. The van der Waals surface area contributed by atoms with Crippen molar-refractivity contribution in [2.45, 2.75) is 0 Å². The number of benzene rings is 3. The summed E-state index contributed by atoms with van der Waals surface area (Å²) in [6.45, 7) is 0. The second-order valence-corrected chi connectivity index (χ2v) is 4.45. The van der Waals surface area contributed by atoms with Crippen molar-refractivity contribution in [2.75, 3.05) is 0 Å². The Hall–Kier alpha value is -2.81. The molecule has 0 bridgehead atoms. The van der Waals surface area contributed by atoms with Crippen molar-refractivity contribution >= 4 is 16.9 Å². The maximum Gasteiger partial charge on any atom is 0.511 e. The Bertz CT molecular complexity index is 761. The fraction of sp³-hybridized carbons (Fsp3) is 0. The van der Waals surface area contributed by atoms with Crippen molar-refractivity contribution in [3.8, 4) is 16.9 Å². The van der Waals surface area contributed by atoms with Crippen molar-refractivity contribution in [1.82, 2.24) is 0 Å². The summed E-state index contributed by atoms with van der Waals surface area (Å²) in [7, 11) is 0. The molecule has 0 radical (unpaired) electrons. The van der Waals surface area contributed by atoms with Gasteiger partial charge in [-0.1, -0.05) is 48.5 Å². The first-order valence-corrected chi connectivity index (χ1v) is 6.22. The van der Waals surface area contributed by atoms with Crippen molar-refractivity contribution in [3.63, 3.8) is 0 Å². The molecule has 0 aliphatic heterocycles. The van der Waals surface area contributed by atoms with Gasteiger partial charge in [-0.15, -0.1) is 0 Å². The molecule has 0 saturated heterocycles. The minimum atomic E-state index is -1.30. The maximum atomic E-state index is 10.4. The van der Waals surface area contributed by atoms with Crippen molar-refractivity contribution in [1.29, 1.82) is 0 Å². The van der Waals surface area contributed by atoms with Gasteiger partial charge in [-0.25, -0.2) is 4.79 Å². The summed E-state index contributed by atoms with van der Waals surface area (Å²) in [5.74, 6) is 0.321. The highest BCUT2D eigenvalue weighted by molar-refractivity contribution is 5.87. The fourth-order valence-corrected chi connectivity index (χ4v) is 2.19. The lowest BCUT2D eigenvalue weighted by Crippen LogP contribution is -2.02. The molecule has 0 fully saturated rings. The zero-order valence-electron chi connectivity index (χ0n) is 10.6. The quantitative estimate of drug-likeness (QED) is 0.545. The average molecular weight is 264 g/mol. The third-order valence-electron chi connectivity index (χ3n) is 3.14. The molecule has 1 N–H and O–H groups in total. The largest absolute Gasteiger partial charge is 0.511 e. The summed E-state index contributed by atoms with van der Waals surface area (Å²) < 4.78 is 4.59. The summed E-state index contributed by atoms with van der Waals surface area (Å²) in [4.78, 5) is 10.4. The van der Waals surface area contributed by atoms with Gasteiger partial charge in [-0.3, -0.25) is 0 Å². The zero-order chi connectivity index (χ0) is 13.9. The normalized spacial score (nSPS) is 10.4. The number of rotatable bonds is 2. The number of ether oxygens (including phenoxy) is 1. The molecule has 0 spiro atoms. The van der Waals surface area contributed by atoms with Crippen LogP contribution < -0.4 is 4.74 Å². The predicted octanol–water partition coefficient (Wildman–Crippen LogP) is 4.56. The van der Waals surface area contributed by atoms with E-state index >= 15 is 0 Å². The van der Waals surface area contributed by atoms with Gasteiger partial charge < -0.3 is 9.84 Å². The number of fused-ring (bicyclic) bond motifs is 1. The molecule has 3 aromatic rings. The summed E-state index contributed by atoms with van der Waals surface area (Å²) >= 11 is 0. The van der Waals surface area contributed by atoms with Gasteiger partial charge in [0.05, 0.1) is 0 Å². The molecule has 0 aliphatic carbocycles. The van der Waals surface area contributed by atoms with Gasteiger partial charge in [0.1, 0.15) is 5.75 Å². The number of hydrogen-bond donors (Lipinski definition) is 1. The smallest absolute Gasteiger partial charge is 0.449 e. The Morgan fingerprint density at radius 1 is 0.800 bits per heavy atom. The molecule has 3 aromatic carbocycles. The van der Waals surface area contributed by atoms with Gasteiger partial charge in [0.2, 0.25) is 0 Å². The van der Waals surface area contributed by atoms with Crippen LogP contribution in [0, 0.1) is 0 Å². The average Bonchev–Trinajstić information content (AvgIpc) is 2.47. The first-order valence-electron chi connectivity index (χ1n) is 6.22. The van der Waals surface area contributed by atoms with Gasteiger partial charge >= 0.3 is 6.16 Å². The fourth-order valence-electron chi connectivity index (χ4n) is 2.19. The molecule has 3 heteroatoms. The molecule has 0 aliphatic rings. The molecule has 98 valence electrons. The standard InChI is InChI=1S/C17H12O3/c18-17(19)20-16-9-7-13(8-10-16)15-6-5-12-3-1-2-4-14(12)11-15/h1-11H,(H,18,19). The van der Waals surface area contributed by atoms with Crippen LogP contribution >= 0.6 is 0 Å². The molecule has 0 saturated carbocycles. The second-order valence-electron chi connectivity index (χ2n) is 4.45. The molecule has 0 heterocycles. The van der Waals surface area contributed by atoms with E-state index in [-0.39, 0.29) is 0 Å². The van der Waals surface area contributed by atoms with E-state index in [0.717, 1.165) is 11.1 Å². The molecule has 3 rings (SSSR count). The van der Waals surface area contributed by atoms with Crippen LogP contribution in [-0.4, -0.2) is 11.3 Å². The first kappa shape index (κ1) is 12.2. The zero-order valence-corrected chi connectivity index (χ0v) is 10.6. The van der Waals surface area contributed by atoms with Gasteiger partial charge in [-0.2, -0.15) is 0 Å². The van der Waals surface area contributed by atoms with Crippen LogP contribution in [0.3, 0.4) is 0 Å². The van der Waals surface area contributed by atoms with Crippen LogP contribution in [0.25, 0.3) is 21.9 Å². The number of hydrogen-bond acceptors (Lipinski definition) is 2. The Labute approximate surface area is 116 Å². The third-order valence-corrected chi connectivity index (χ3v) is 3.14. The lowest BCUT2D eigenvalue weighted by atomic mass is 10.0. The molecule has 3 nitrogen and oxygen atoms in total. The Balaban J connectivity index is 1.96. The lowest BCUT2D eigenvalue weighted by molar-refractivity contribution is 0.144. The number of carboxylic acid groups (broad SMARTS) is 1. The molecule has 0 amide bonds. The molecular weight excluding hydrogens is 252 g/mol. The van der Waals surface area contributed by atoms with E-state index in [2.05, 4.69) is 35.1 Å². The van der Waals surface area contributed by atoms with Crippen LogP contribution in [0.4, 0.5) is 4.79 Å². The maximum absolute atomic E-state index is 10.4. The van der Waals surface area contributed by atoms with Crippen molar-refractivity contribution in [2.24, 2.45) is 0 Å². The second kappa shape index (κ2) is 5.05. The highest BCUT2D eigenvalue weighted by atomic mass is 16.7. The SMILES string of the molecule is O=C(O)Oc1ccc(-c2ccc3ccccc3c2)cc1. The third kappa shape index (κ3) is 2.47. The van der Waals surface area contributed by atoms with Crippen molar-refractivity contribution in [3.05, 3.63) is 66.7 Å². The van der Waals surface area contributed by atoms with E-state index in [1.54, 1.807) is 12.1 Å². The topological polar surface area (TPSA) is 46.5 Å². The minimum absolute atomic E-state index is 0.321. The minimum Gasteiger partial charge on any atom is -0.449 e. The lowest BCUT2D eigenvalue weighted by Gasteiger charge is -2.05.